The molecule has 1 aromatic carbocycles. The summed E-state index contributed by atoms with van der Waals surface area (Å²) in [6, 6.07) is 10.2. The van der Waals surface area contributed by atoms with Crippen molar-refractivity contribution < 1.29 is 4.79 Å². The van der Waals surface area contributed by atoms with Gasteiger partial charge in [-0.25, -0.2) is 0 Å². The van der Waals surface area contributed by atoms with Gasteiger partial charge < -0.3 is 0 Å². The molecule has 1 nitrogen and oxygen atoms in total. The molecule has 3 aliphatic carbocycles. The topological polar surface area (TPSA) is 17.1 Å². The zero-order chi connectivity index (χ0) is 13.0. The standard InChI is InChI=1S/C18H18O/c1-11-15(9-12-5-3-2-4-6-12)18(19)17-14-8-7-13(10-14)16(11)17/h2-9,11,13-14,16-17H,10H2,1H3/b15-9+/t11-,13-,14+,16-,17+/m1/s1. The number of Topliss-reactive ketones (excluding diaryl/α,β-unsaturated/α-hetero) is 1. The molecule has 5 atom stereocenters. The first-order valence-corrected chi connectivity index (χ1v) is 7.25. The number of hydrogen-bond acceptors (Lipinski definition) is 1. The van der Waals surface area contributed by atoms with Gasteiger partial charge in [0.2, 0.25) is 0 Å². The van der Waals surface area contributed by atoms with E-state index in [1.165, 1.54) is 6.42 Å². The monoisotopic (exact) mass is 250 g/mol. The molecule has 4 rings (SSSR count). The Bertz CT molecular complexity index is 581. The summed E-state index contributed by atoms with van der Waals surface area (Å²) >= 11 is 0. The molecule has 0 saturated heterocycles. The van der Waals surface area contributed by atoms with Crippen LogP contribution < -0.4 is 0 Å². The van der Waals surface area contributed by atoms with E-state index < -0.39 is 0 Å². The van der Waals surface area contributed by atoms with Crippen LogP contribution in [0.3, 0.4) is 0 Å². The minimum absolute atomic E-state index is 0.278. The van der Waals surface area contributed by atoms with Crippen molar-refractivity contribution in [2.24, 2.45) is 29.6 Å². The maximum atomic E-state index is 12.7. The Kier molecular flexibility index (Phi) is 2.32. The van der Waals surface area contributed by atoms with Crippen LogP contribution in [0.15, 0.2) is 48.1 Å². The zero-order valence-corrected chi connectivity index (χ0v) is 11.1. The fourth-order valence-electron chi connectivity index (χ4n) is 4.47. The number of benzene rings is 1. The number of carbonyl (C=O) groups is 1. The number of allylic oxidation sites excluding steroid dienone is 3. The predicted octanol–water partition coefficient (Wildman–Crippen LogP) is 3.73. The van der Waals surface area contributed by atoms with Crippen molar-refractivity contribution in [2.75, 3.05) is 0 Å². The SMILES string of the molecule is C[C@@H]1/C(=C\c2ccccc2)C(=O)[C@@H]2[C@H]1[C@@H]1C=C[C@H]2C1. The van der Waals surface area contributed by atoms with Gasteiger partial charge in [-0.1, -0.05) is 49.4 Å². The fourth-order valence-corrected chi connectivity index (χ4v) is 4.47. The number of fused-ring (bicyclic) bond motifs is 5. The molecule has 96 valence electrons. The first-order valence-electron chi connectivity index (χ1n) is 7.25. The Morgan fingerprint density at radius 2 is 1.84 bits per heavy atom. The van der Waals surface area contributed by atoms with Crippen LogP contribution in [0.4, 0.5) is 0 Å². The van der Waals surface area contributed by atoms with Crippen LogP contribution in [-0.2, 0) is 4.79 Å². The Hall–Kier alpha value is -1.63. The summed E-state index contributed by atoms with van der Waals surface area (Å²) < 4.78 is 0. The molecule has 0 aliphatic heterocycles. The van der Waals surface area contributed by atoms with Gasteiger partial charge in [-0.05, 0) is 47.3 Å². The van der Waals surface area contributed by atoms with E-state index in [0.717, 1.165) is 11.1 Å². The van der Waals surface area contributed by atoms with Crippen molar-refractivity contribution in [2.45, 2.75) is 13.3 Å². The van der Waals surface area contributed by atoms with E-state index in [9.17, 15) is 4.79 Å². The Morgan fingerprint density at radius 3 is 2.58 bits per heavy atom. The lowest BCUT2D eigenvalue weighted by atomic mass is 9.81. The quantitative estimate of drug-likeness (QED) is 0.548. The highest BCUT2D eigenvalue weighted by Gasteiger charge is 2.56. The zero-order valence-electron chi connectivity index (χ0n) is 11.1. The highest BCUT2D eigenvalue weighted by molar-refractivity contribution is 6.04. The highest BCUT2D eigenvalue weighted by Crippen LogP contribution is 2.57. The smallest absolute Gasteiger partial charge is 0.163 e. The van der Waals surface area contributed by atoms with Crippen LogP contribution in [0.5, 0.6) is 0 Å². The van der Waals surface area contributed by atoms with Gasteiger partial charge in [-0.3, -0.25) is 4.79 Å². The number of rotatable bonds is 1. The van der Waals surface area contributed by atoms with E-state index in [-0.39, 0.29) is 5.92 Å². The Balaban J connectivity index is 1.73. The molecule has 3 aliphatic rings. The minimum atomic E-state index is 0.278. The van der Waals surface area contributed by atoms with E-state index in [1.807, 2.05) is 18.2 Å². The summed E-state index contributed by atoms with van der Waals surface area (Å²) in [7, 11) is 0. The lowest BCUT2D eigenvalue weighted by Gasteiger charge is -2.21. The average Bonchev–Trinajstić information content (AvgIpc) is 3.10. The number of hydrogen-bond donors (Lipinski definition) is 0. The van der Waals surface area contributed by atoms with Crippen LogP contribution in [0.2, 0.25) is 0 Å². The third kappa shape index (κ3) is 1.51. The molecule has 0 aromatic heterocycles. The summed E-state index contributed by atoms with van der Waals surface area (Å²) in [5, 5.41) is 0. The molecular formula is C18H18O. The molecule has 0 heterocycles. The van der Waals surface area contributed by atoms with Gasteiger partial charge in [-0.2, -0.15) is 0 Å². The molecule has 19 heavy (non-hydrogen) atoms. The average molecular weight is 250 g/mol. The van der Waals surface area contributed by atoms with Gasteiger partial charge in [-0.15, -0.1) is 0 Å². The summed E-state index contributed by atoms with van der Waals surface area (Å²) in [5.74, 6) is 2.84. The van der Waals surface area contributed by atoms with Crippen molar-refractivity contribution >= 4 is 11.9 Å². The highest BCUT2D eigenvalue weighted by atomic mass is 16.1. The molecule has 2 bridgehead atoms. The van der Waals surface area contributed by atoms with Gasteiger partial charge in [0.05, 0.1) is 0 Å². The number of carbonyl (C=O) groups excluding carboxylic acids is 1. The molecule has 0 unspecified atom stereocenters. The van der Waals surface area contributed by atoms with Gasteiger partial charge in [0, 0.05) is 5.92 Å². The second-order valence-corrected chi connectivity index (χ2v) is 6.21. The second-order valence-electron chi connectivity index (χ2n) is 6.21. The van der Waals surface area contributed by atoms with Crippen molar-refractivity contribution in [1.82, 2.24) is 0 Å². The van der Waals surface area contributed by atoms with Crippen molar-refractivity contribution in [3.63, 3.8) is 0 Å². The first kappa shape index (κ1) is 11.2. The van der Waals surface area contributed by atoms with Crippen LogP contribution in [-0.4, -0.2) is 5.78 Å². The molecule has 0 radical (unpaired) electrons. The van der Waals surface area contributed by atoms with Gasteiger partial charge in [0.1, 0.15) is 0 Å². The van der Waals surface area contributed by atoms with Crippen molar-refractivity contribution in [3.8, 4) is 0 Å². The second kappa shape index (κ2) is 3.93. The Morgan fingerprint density at radius 1 is 1.11 bits per heavy atom. The van der Waals surface area contributed by atoms with E-state index in [0.29, 0.717) is 29.5 Å². The van der Waals surface area contributed by atoms with Gasteiger partial charge >= 0.3 is 0 Å². The third-order valence-corrected chi connectivity index (χ3v) is 5.30. The van der Waals surface area contributed by atoms with E-state index in [4.69, 9.17) is 0 Å². The largest absolute Gasteiger partial charge is 0.294 e. The van der Waals surface area contributed by atoms with Crippen LogP contribution in [0.25, 0.3) is 6.08 Å². The predicted molar refractivity (Wildman–Crippen MR) is 76.3 cm³/mol. The summed E-state index contributed by atoms with van der Waals surface area (Å²) in [6.07, 6.45) is 7.96. The van der Waals surface area contributed by atoms with E-state index >= 15 is 0 Å². The molecule has 0 amide bonds. The maximum absolute atomic E-state index is 12.7. The molecule has 1 aromatic rings. The van der Waals surface area contributed by atoms with Crippen LogP contribution in [0.1, 0.15) is 18.9 Å². The summed E-state index contributed by atoms with van der Waals surface area (Å²) in [6.45, 7) is 2.24. The lowest BCUT2D eigenvalue weighted by molar-refractivity contribution is -0.118. The summed E-state index contributed by atoms with van der Waals surface area (Å²) in [4.78, 5) is 12.7. The fraction of sp³-hybridized carbons (Fsp3) is 0.389. The molecule has 0 N–H and O–H groups in total. The van der Waals surface area contributed by atoms with E-state index in [1.54, 1.807) is 0 Å². The Labute approximate surface area is 114 Å². The van der Waals surface area contributed by atoms with Crippen molar-refractivity contribution in [1.29, 1.82) is 0 Å². The van der Waals surface area contributed by atoms with Crippen molar-refractivity contribution in [3.05, 3.63) is 53.6 Å². The molecular weight excluding hydrogens is 232 g/mol. The number of ketones is 1. The minimum Gasteiger partial charge on any atom is -0.294 e. The maximum Gasteiger partial charge on any atom is 0.163 e. The third-order valence-electron chi connectivity index (χ3n) is 5.30. The first-order chi connectivity index (χ1) is 9.25. The van der Waals surface area contributed by atoms with E-state index in [2.05, 4.69) is 37.3 Å². The van der Waals surface area contributed by atoms with Crippen LogP contribution >= 0.6 is 0 Å². The molecule has 2 saturated carbocycles. The lowest BCUT2D eigenvalue weighted by Crippen LogP contribution is -2.20. The normalized spacial score (nSPS) is 41.2. The molecule has 0 spiro atoms. The summed E-state index contributed by atoms with van der Waals surface area (Å²) in [5.41, 5.74) is 2.21. The molecule has 2 fully saturated rings. The van der Waals surface area contributed by atoms with Gasteiger partial charge in [0.15, 0.2) is 5.78 Å². The van der Waals surface area contributed by atoms with Gasteiger partial charge in [0.25, 0.3) is 0 Å². The van der Waals surface area contributed by atoms with Crippen LogP contribution in [0, 0.1) is 29.6 Å². The molecule has 1 heteroatoms.